The normalized spacial score (nSPS) is 10.4. The maximum atomic E-state index is 11.7. The largest absolute Gasteiger partial charge is 0.465 e. The molecule has 0 aliphatic rings. The summed E-state index contributed by atoms with van der Waals surface area (Å²) >= 11 is 0. The molecule has 2 aromatic rings. The van der Waals surface area contributed by atoms with Crippen LogP contribution in [-0.2, 0) is 4.74 Å². The molecule has 0 aliphatic heterocycles. The first-order valence-electron chi connectivity index (χ1n) is 5.24. The van der Waals surface area contributed by atoms with Gasteiger partial charge in [0.2, 0.25) is 5.95 Å². The van der Waals surface area contributed by atoms with Gasteiger partial charge >= 0.3 is 5.97 Å². The van der Waals surface area contributed by atoms with Crippen molar-refractivity contribution in [3.63, 3.8) is 0 Å². The average Bonchev–Trinajstić information content (AvgIpc) is 2.67. The maximum absolute atomic E-state index is 11.7. The highest BCUT2D eigenvalue weighted by Crippen LogP contribution is 2.06. The standard InChI is InChI=1S/C11H12N4O3/c1-6-4-7(2)15(14-6)11-12-5-8(9(16)13-11)10(17)18-3/h4-5H,1-3H3,(H,12,13,16). The number of hydrogen-bond donors (Lipinski definition) is 1. The number of aryl methyl sites for hydroxylation is 2. The van der Waals surface area contributed by atoms with Gasteiger partial charge in [-0.15, -0.1) is 0 Å². The molecule has 0 saturated heterocycles. The molecule has 2 rings (SSSR count). The van der Waals surface area contributed by atoms with Crippen LogP contribution in [0.5, 0.6) is 0 Å². The van der Waals surface area contributed by atoms with Crippen molar-refractivity contribution in [2.75, 3.05) is 7.11 Å². The number of methoxy groups -OCH3 is 1. The molecule has 18 heavy (non-hydrogen) atoms. The van der Waals surface area contributed by atoms with Gasteiger partial charge in [0.05, 0.1) is 19.0 Å². The third kappa shape index (κ3) is 2.02. The SMILES string of the molecule is COC(=O)c1cnc(-n2nc(C)cc2C)[nH]c1=O. The summed E-state index contributed by atoms with van der Waals surface area (Å²) in [6, 6.07) is 1.86. The van der Waals surface area contributed by atoms with Gasteiger partial charge in [-0.3, -0.25) is 9.78 Å². The lowest BCUT2D eigenvalue weighted by Gasteiger charge is -2.03. The van der Waals surface area contributed by atoms with Gasteiger partial charge in [-0.1, -0.05) is 0 Å². The van der Waals surface area contributed by atoms with E-state index in [0.29, 0.717) is 0 Å². The summed E-state index contributed by atoms with van der Waals surface area (Å²) in [6.45, 7) is 3.68. The van der Waals surface area contributed by atoms with E-state index in [1.165, 1.54) is 18.0 Å². The Kier molecular flexibility index (Phi) is 2.97. The molecular formula is C11H12N4O3. The Hall–Kier alpha value is -2.44. The quantitative estimate of drug-likeness (QED) is 0.775. The molecule has 1 N–H and O–H groups in total. The third-order valence-electron chi connectivity index (χ3n) is 2.40. The molecular weight excluding hydrogens is 236 g/mol. The first kappa shape index (κ1) is 12.0. The van der Waals surface area contributed by atoms with Crippen LogP contribution in [0, 0.1) is 13.8 Å². The molecule has 0 aliphatic carbocycles. The van der Waals surface area contributed by atoms with Crippen molar-refractivity contribution in [1.82, 2.24) is 19.7 Å². The molecule has 0 atom stereocenters. The number of esters is 1. The van der Waals surface area contributed by atoms with E-state index in [4.69, 9.17) is 0 Å². The van der Waals surface area contributed by atoms with Crippen molar-refractivity contribution in [1.29, 1.82) is 0 Å². The zero-order valence-electron chi connectivity index (χ0n) is 10.2. The molecule has 0 spiro atoms. The van der Waals surface area contributed by atoms with Gasteiger partial charge < -0.3 is 4.74 Å². The van der Waals surface area contributed by atoms with E-state index in [2.05, 4.69) is 19.8 Å². The Morgan fingerprint density at radius 3 is 2.67 bits per heavy atom. The molecule has 0 saturated carbocycles. The summed E-state index contributed by atoms with van der Waals surface area (Å²) in [5.41, 5.74) is 0.954. The summed E-state index contributed by atoms with van der Waals surface area (Å²) in [4.78, 5) is 29.4. The van der Waals surface area contributed by atoms with Crippen LogP contribution in [0.25, 0.3) is 5.95 Å². The second-order valence-corrected chi connectivity index (χ2v) is 3.78. The van der Waals surface area contributed by atoms with Gasteiger partial charge in [0, 0.05) is 5.69 Å². The van der Waals surface area contributed by atoms with E-state index in [9.17, 15) is 9.59 Å². The van der Waals surface area contributed by atoms with Crippen LogP contribution in [0.3, 0.4) is 0 Å². The van der Waals surface area contributed by atoms with Crippen molar-refractivity contribution >= 4 is 5.97 Å². The molecule has 0 radical (unpaired) electrons. The monoisotopic (exact) mass is 248 g/mol. The Bertz CT molecular complexity index is 657. The number of ether oxygens (including phenoxy) is 1. The smallest absolute Gasteiger partial charge is 0.345 e. The molecule has 7 nitrogen and oxygen atoms in total. The highest BCUT2D eigenvalue weighted by molar-refractivity contribution is 5.88. The van der Waals surface area contributed by atoms with Crippen molar-refractivity contribution in [3.8, 4) is 5.95 Å². The highest BCUT2D eigenvalue weighted by atomic mass is 16.5. The summed E-state index contributed by atoms with van der Waals surface area (Å²) < 4.78 is 5.97. The molecule has 0 amide bonds. The van der Waals surface area contributed by atoms with Gasteiger partial charge in [-0.05, 0) is 19.9 Å². The number of carbonyl (C=O) groups excluding carboxylic acids is 1. The fourth-order valence-corrected chi connectivity index (χ4v) is 1.59. The van der Waals surface area contributed by atoms with Crippen LogP contribution >= 0.6 is 0 Å². The topological polar surface area (TPSA) is 89.9 Å². The number of rotatable bonds is 2. The molecule has 2 heterocycles. The van der Waals surface area contributed by atoms with Crippen LogP contribution in [-0.4, -0.2) is 32.8 Å². The predicted molar refractivity (Wildman–Crippen MR) is 62.8 cm³/mol. The van der Waals surface area contributed by atoms with Gasteiger partial charge in [0.1, 0.15) is 5.56 Å². The first-order chi connectivity index (χ1) is 8.52. The second-order valence-electron chi connectivity index (χ2n) is 3.78. The number of aromatic amines is 1. The molecule has 2 aromatic heterocycles. The fraction of sp³-hybridized carbons (Fsp3) is 0.273. The number of aromatic nitrogens is 4. The number of carbonyl (C=O) groups is 1. The van der Waals surface area contributed by atoms with Crippen LogP contribution in [0.15, 0.2) is 17.1 Å². The summed E-state index contributed by atoms with van der Waals surface area (Å²) in [7, 11) is 1.21. The Morgan fingerprint density at radius 1 is 1.44 bits per heavy atom. The molecule has 0 fully saturated rings. The van der Waals surface area contributed by atoms with Crippen molar-refractivity contribution in [3.05, 3.63) is 39.6 Å². The van der Waals surface area contributed by atoms with E-state index < -0.39 is 11.5 Å². The minimum Gasteiger partial charge on any atom is -0.465 e. The van der Waals surface area contributed by atoms with Crippen LogP contribution in [0.4, 0.5) is 0 Å². The number of hydrogen-bond acceptors (Lipinski definition) is 5. The van der Waals surface area contributed by atoms with E-state index in [1.807, 2.05) is 19.9 Å². The van der Waals surface area contributed by atoms with E-state index in [-0.39, 0.29) is 11.5 Å². The minimum absolute atomic E-state index is 0.136. The van der Waals surface area contributed by atoms with Gasteiger partial charge in [-0.25, -0.2) is 14.5 Å². The van der Waals surface area contributed by atoms with Crippen LogP contribution in [0.2, 0.25) is 0 Å². The molecule has 0 unspecified atom stereocenters. The lowest BCUT2D eigenvalue weighted by molar-refractivity contribution is 0.0598. The van der Waals surface area contributed by atoms with Crippen LogP contribution in [0.1, 0.15) is 21.7 Å². The predicted octanol–water partition coefficient (Wildman–Crippen LogP) is 0.359. The van der Waals surface area contributed by atoms with E-state index >= 15 is 0 Å². The summed E-state index contributed by atoms with van der Waals surface area (Å²) in [5, 5.41) is 4.18. The first-order valence-corrected chi connectivity index (χ1v) is 5.24. The van der Waals surface area contributed by atoms with E-state index in [1.54, 1.807) is 0 Å². The Labute approximate surface area is 102 Å². The Balaban J connectivity index is 2.50. The molecule has 0 bridgehead atoms. The lowest BCUT2D eigenvalue weighted by atomic mass is 10.3. The second kappa shape index (κ2) is 4.44. The van der Waals surface area contributed by atoms with E-state index in [0.717, 1.165) is 11.4 Å². The van der Waals surface area contributed by atoms with Gasteiger partial charge in [0.15, 0.2) is 0 Å². The van der Waals surface area contributed by atoms with Crippen LogP contribution < -0.4 is 5.56 Å². The molecule has 7 heteroatoms. The summed E-state index contributed by atoms with van der Waals surface area (Å²) in [5.74, 6) is -0.457. The number of nitrogens with zero attached hydrogens (tertiary/aromatic N) is 3. The van der Waals surface area contributed by atoms with Crippen molar-refractivity contribution < 1.29 is 9.53 Å². The third-order valence-corrected chi connectivity index (χ3v) is 2.40. The fourth-order valence-electron chi connectivity index (χ4n) is 1.59. The Morgan fingerprint density at radius 2 is 2.17 bits per heavy atom. The zero-order chi connectivity index (χ0) is 13.3. The van der Waals surface area contributed by atoms with Crippen molar-refractivity contribution in [2.24, 2.45) is 0 Å². The summed E-state index contributed by atoms with van der Waals surface area (Å²) in [6.07, 6.45) is 1.18. The maximum Gasteiger partial charge on any atom is 0.345 e. The average molecular weight is 248 g/mol. The lowest BCUT2D eigenvalue weighted by Crippen LogP contribution is -2.22. The van der Waals surface area contributed by atoms with Gasteiger partial charge in [-0.2, -0.15) is 5.10 Å². The van der Waals surface area contributed by atoms with Crippen molar-refractivity contribution in [2.45, 2.75) is 13.8 Å². The minimum atomic E-state index is -0.719. The molecule has 0 aromatic carbocycles. The zero-order valence-corrected chi connectivity index (χ0v) is 10.2. The van der Waals surface area contributed by atoms with Gasteiger partial charge in [0.25, 0.3) is 5.56 Å². The highest BCUT2D eigenvalue weighted by Gasteiger charge is 2.13. The molecule has 94 valence electrons. The number of nitrogens with one attached hydrogen (secondary N) is 1. The number of H-pyrrole nitrogens is 1.